The second kappa shape index (κ2) is 15.2. The van der Waals surface area contributed by atoms with Crippen LogP contribution in [0.2, 0.25) is 0 Å². The number of rotatable bonds is 11. The summed E-state index contributed by atoms with van der Waals surface area (Å²) in [6.07, 6.45) is 4.50. The molecule has 3 fully saturated rings. The number of nitrogens with one attached hydrogen (secondary N) is 2. The zero-order valence-corrected chi connectivity index (χ0v) is 28.8. The van der Waals surface area contributed by atoms with Crippen LogP contribution < -0.4 is 15.5 Å². The average molecular weight is 700 g/mol. The third-order valence-corrected chi connectivity index (χ3v) is 11.1. The van der Waals surface area contributed by atoms with E-state index in [1.807, 2.05) is 6.07 Å². The summed E-state index contributed by atoms with van der Waals surface area (Å²) in [5.41, 5.74) is 0.546. The molecule has 3 aromatic rings. The van der Waals surface area contributed by atoms with Gasteiger partial charge < -0.3 is 25.2 Å². The summed E-state index contributed by atoms with van der Waals surface area (Å²) in [7, 11) is 1.33. The van der Waals surface area contributed by atoms with Gasteiger partial charge in [0.05, 0.1) is 18.6 Å². The summed E-state index contributed by atoms with van der Waals surface area (Å²) in [6.45, 7) is 7.54. The van der Waals surface area contributed by atoms with Crippen molar-refractivity contribution in [3.05, 3.63) is 108 Å². The monoisotopic (exact) mass is 699 g/mol. The normalized spacial score (nSPS) is 21.2. The third-order valence-electron chi connectivity index (χ3n) is 11.1. The van der Waals surface area contributed by atoms with Gasteiger partial charge in [0.1, 0.15) is 5.82 Å². The summed E-state index contributed by atoms with van der Waals surface area (Å²) < 4.78 is 50.4. The molecule has 2 N–H and O–H groups in total. The zero-order valence-electron chi connectivity index (χ0n) is 28.8. The number of carbonyl (C=O) groups excluding carboxylic acids is 2. The van der Waals surface area contributed by atoms with Crippen LogP contribution >= 0.6 is 0 Å². The van der Waals surface area contributed by atoms with Gasteiger partial charge in [-0.1, -0.05) is 49.4 Å². The fraction of sp³-hybridized carbons (Fsp3) is 0.425. The van der Waals surface area contributed by atoms with Crippen molar-refractivity contribution in [2.75, 3.05) is 50.1 Å². The number of amides is 2. The fourth-order valence-corrected chi connectivity index (χ4v) is 8.49. The highest BCUT2D eigenvalue weighted by Crippen LogP contribution is 2.50. The number of carbonyl (C=O) groups is 2. The molecule has 3 aliphatic rings. The molecule has 0 bridgehead atoms. The minimum atomic E-state index is -3.24. The van der Waals surface area contributed by atoms with Gasteiger partial charge in [-0.25, -0.2) is 9.18 Å². The van der Waals surface area contributed by atoms with E-state index in [1.54, 1.807) is 24.3 Å². The van der Waals surface area contributed by atoms with Crippen molar-refractivity contribution in [1.82, 2.24) is 10.2 Å². The van der Waals surface area contributed by atoms with Gasteiger partial charge in [-0.05, 0) is 92.7 Å². The van der Waals surface area contributed by atoms with Crippen LogP contribution in [0.3, 0.4) is 0 Å². The van der Waals surface area contributed by atoms with E-state index in [1.165, 1.54) is 49.6 Å². The molecule has 2 heterocycles. The number of anilines is 2. The molecule has 3 aromatic carbocycles. The minimum absolute atomic E-state index is 0.00602. The van der Waals surface area contributed by atoms with Crippen LogP contribution in [-0.4, -0.2) is 62.8 Å². The first kappa shape index (κ1) is 36.0. The molecule has 6 rings (SSSR count). The number of piperidine rings is 1. The minimum Gasteiger partial charge on any atom is -0.453 e. The van der Waals surface area contributed by atoms with Crippen LogP contribution in [0.1, 0.15) is 48.8 Å². The van der Waals surface area contributed by atoms with E-state index in [0.29, 0.717) is 11.5 Å². The molecule has 268 valence electrons. The van der Waals surface area contributed by atoms with Gasteiger partial charge in [0.2, 0.25) is 5.91 Å². The standard InChI is InChI=1S/C40H44F3N5O3/c1-3-37(49)45-33-10-5-8-31(22-33)40(42,43)29-13-15-34(16-14-29)48-24-27(25-48)23-47-19-17-28(18-20-47)39(26-44,30-7-4-9-32(41)21-30)35-11-6-12-36(35)46-38(50)51-2/h3-5,7-10,13-16,21-22,27-28,35-36H,1,6,11-12,17-20,23-25H2,2H3,(H,45,49)(H,46,50)/t35-,36-,39-/m0/s1. The van der Waals surface area contributed by atoms with Gasteiger partial charge in [0, 0.05) is 60.0 Å². The number of halogens is 3. The Labute approximate surface area is 297 Å². The molecule has 2 saturated heterocycles. The summed E-state index contributed by atoms with van der Waals surface area (Å²) in [6, 6.07) is 20.9. The van der Waals surface area contributed by atoms with Crippen molar-refractivity contribution in [3.63, 3.8) is 0 Å². The van der Waals surface area contributed by atoms with Crippen LogP contribution in [0.5, 0.6) is 0 Å². The number of alkyl carbamates (subject to hydrolysis) is 1. The maximum Gasteiger partial charge on any atom is 0.407 e. The zero-order chi connectivity index (χ0) is 36.2. The Kier molecular flexibility index (Phi) is 10.7. The second-order valence-corrected chi connectivity index (χ2v) is 14.0. The first-order valence-electron chi connectivity index (χ1n) is 17.6. The highest BCUT2D eigenvalue weighted by atomic mass is 19.3. The summed E-state index contributed by atoms with van der Waals surface area (Å²) >= 11 is 0. The van der Waals surface area contributed by atoms with E-state index in [2.05, 4.69) is 33.1 Å². The lowest BCUT2D eigenvalue weighted by Gasteiger charge is -2.48. The summed E-state index contributed by atoms with van der Waals surface area (Å²) in [5.74, 6) is -3.84. The number of alkyl halides is 2. The van der Waals surface area contributed by atoms with Gasteiger partial charge >= 0.3 is 6.09 Å². The molecular weight excluding hydrogens is 655 g/mol. The Morgan fingerprint density at radius 3 is 2.35 bits per heavy atom. The molecular formula is C40H44F3N5O3. The van der Waals surface area contributed by atoms with Crippen molar-refractivity contribution >= 4 is 23.4 Å². The van der Waals surface area contributed by atoms with Crippen LogP contribution in [-0.2, 0) is 20.9 Å². The molecule has 3 atom stereocenters. The van der Waals surface area contributed by atoms with Crippen LogP contribution in [0.25, 0.3) is 0 Å². The molecule has 8 nitrogen and oxygen atoms in total. The Bertz CT molecular complexity index is 1770. The quantitative estimate of drug-likeness (QED) is 0.205. The number of ether oxygens (including phenoxy) is 1. The molecule has 0 radical (unpaired) electrons. The molecule has 1 aliphatic carbocycles. The summed E-state index contributed by atoms with van der Waals surface area (Å²) in [4.78, 5) is 28.5. The van der Waals surface area contributed by atoms with Crippen molar-refractivity contribution in [3.8, 4) is 6.07 Å². The Hall–Kier alpha value is -4.82. The number of nitriles is 1. The van der Waals surface area contributed by atoms with E-state index in [4.69, 9.17) is 4.74 Å². The first-order valence-corrected chi connectivity index (χ1v) is 17.6. The van der Waals surface area contributed by atoms with Gasteiger partial charge in [0.25, 0.3) is 5.92 Å². The van der Waals surface area contributed by atoms with E-state index in [0.717, 1.165) is 76.6 Å². The van der Waals surface area contributed by atoms with Crippen molar-refractivity contribution in [1.29, 1.82) is 5.26 Å². The molecule has 2 aliphatic heterocycles. The van der Waals surface area contributed by atoms with Crippen LogP contribution in [0, 0.1) is 34.9 Å². The number of likely N-dealkylation sites (tertiary alicyclic amines) is 1. The maximum absolute atomic E-state index is 15.4. The SMILES string of the molecule is C=CC(=O)Nc1cccc(C(F)(F)c2ccc(N3CC(CN4CCC([C@@](C#N)(c5cccc(F)c5)[C@H]5CCC[C@@H]5NC(=O)OC)CC4)C3)cc2)c1. The smallest absolute Gasteiger partial charge is 0.407 e. The largest absolute Gasteiger partial charge is 0.453 e. The van der Waals surface area contributed by atoms with E-state index in [-0.39, 0.29) is 40.5 Å². The molecule has 0 spiro atoms. The van der Waals surface area contributed by atoms with Gasteiger partial charge in [-0.15, -0.1) is 0 Å². The lowest BCUT2D eigenvalue weighted by atomic mass is 9.59. The Morgan fingerprint density at radius 2 is 1.69 bits per heavy atom. The summed E-state index contributed by atoms with van der Waals surface area (Å²) in [5, 5.41) is 16.4. The number of methoxy groups -OCH3 is 1. The van der Waals surface area contributed by atoms with Gasteiger partial charge in [0.15, 0.2) is 0 Å². The Morgan fingerprint density at radius 1 is 0.980 bits per heavy atom. The molecule has 0 aromatic heterocycles. The van der Waals surface area contributed by atoms with Crippen LogP contribution in [0.4, 0.5) is 29.3 Å². The molecule has 0 unspecified atom stereocenters. The van der Waals surface area contributed by atoms with Crippen molar-refractivity contribution in [2.24, 2.45) is 17.8 Å². The predicted molar refractivity (Wildman–Crippen MR) is 190 cm³/mol. The topological polar surface area (TPSA) is 97.7 Å². The number of nitrogens with zero attached hydrogens (tertiary/aromatic N) is 3. The van der Waals surface area contributed by atoms with E-state index >= 15 is 8.78 Å². The molecule has 51 heavy (non-hydrogen) atoms. The first-order chi connectivity index (χ1) is 24.6. The average Bonchev–Trinajstić information content (AvgIpc) is 3.59. The fourth-order valence-electron chi connectivity index (χ4n) is 8.49. The molecule has 2 amide bonds. The van der Waals surface area contributed by atoms with Gasteiger partial charge in [-0.3, -0.25) is 4.79 Å². The lowest BCUT2D eigenvalue weighted by molar-refractivity contribution is -0.111. The van der Waals surface area contributed by atoms with Crippen LogP contribution in [0.15, 0.2) is 85.5 Å². The highest BCUT2D eigenvalue weighted by molar-refractivity contribution is 5.98. The van der Waals surface area contributed by atoms with E-state index < -0.39 is 23.3 Å². The third kappa shape index (κ3) is 7.47. The predicted octanol–water partition coefficient (Wildman–Crippen LogP) is 7.22. The second-order valence-electron chi connectivity index (χ2n) is 14.0. The molecule has 1 saturated carbocycles. The van der Waals surface area contributed by atoms with E-state index in [9.17, 15) is 19.2 Å². The maximum atomic E-state index is 15.4. The molecule has 11 heteroatoms. The van der Waals surface area contributed by atoms with Crippen molar-refractivity contribution < 1.29 is 27.5 Å². The Balaban J connectivity index is 1.06. The van der Waals surface area contributed by atoms with Gasteiger partial charge in [-0.2, -0.15) is 14.0 Å². The lowest BCUT2D eigenvalue weighted by Crippen LogP contribution is -2.55. The highest BCUT2D eigenvalue weighted by Gasteiger charge is 2.53. The number of benzene rings is 3. The number of hydrogen-bond acceptors (Lipinski definition) is 6. The van der Waals surface area contributed by atoms with Crippen molar-refractivity contribution in [2.45, 2.75) is 49.5 Å². The number of hydrogen-bond donors (Lipinski definition) is 2.